The lowest BCUT2D eigenvalue weighted by atomic mass is 9.99. The molecule has 0 aromatic heterocycles. The minimum Gasteiger partial charge on any atom is -0.394 e. The summed E-state index contributed by atoms with van der Waals surface area (Å²) < 4.78 is 11.3. The van der Waals surface area contributed by atoms with Gasteiger partial charge in [-0.2, -0.15) is 0 Å². The zero-order valence-corrected chi connectivity index (χ0v) is 39.0. The Bertz CT molecular complexity index is 992. The summed E-state index contributed by atoms with van der Waals surface area (Å²) in [6.45, 7) is 3.83. The molecule has 0 radical (unpaired) electrons. The molecule has 0 saturated carbocycles. The highest BCUT2D eigenvalue weighted by atomic mass is 16.7. The van der Waals surface area contributed by atoms with Gasteiger partial charge in [0.05, 0.1) is 25.4 Å². The molecule has 60 heavy (non-hydrogen) atoms. The minimum atomic E-state index is -1.55. The largest absolute Gasteiger partial charge is 0.394 e. The Kier molecular flexibility index (Phi) is 39.4. The van der Waals surface area contributed by atoms with Crippen LogP contribution >= 0.6 is 0 Å². The van der Waals surface area contributed by atoms with Crippen LogP contribution in [-0.4, -0.2) is 87.5 Å². The average molecular weight is 852 g/mol. The van der Waals surface area contributed by atoms with Crippen molar-refractivity contribution in [1.82, 2.24) is 5.32 Å². The van der Waals surface area contributed by atoms with Crippen LogP contribution in [0.1, 0.15) is 239 Å². The minimum absolute atomic E-state index is 0.136. The van der Waals surface area contributed by atoms with E-state index >= 15 is 0 Å². The second-order valence-corrected chi connectivity index (χ2v) is 18.0. The lowest BCUT2D eigenvalue weighted by molar-refractivity contribution is -0.302. The van der Waals surface area contributed by atoms with E-state index in [-0.39, 0.29) is 12.5 Å². The predicted octanol–water partition coefficient (Wildman–Crippen LogP) is 11.5. The first-order chi connectivity index (χ1) is 29.3. The monoisotopic (exact) mass is 852 g/mol. The van der Waals surface area contributed by atoms with Gasteiger partial charge >= 0.3 is 0 Å². The molecule has 1 aliphatic rings. The number of carbonyl (C=O) groups is 1. The molecule has 0 aliphatic carbocycles. The number of amides is 1. The number of hydrogen-bond acceptors (Lipinski definition) is 8. The van der Waals surface area contributed by atoms with Crippen LogP contribution in [-0.2, 0) is 14.3 Å². The fourth-order valence-electron chi connectivity index (χ4n) is 8.19. The fourth-order valence-corrected chi connectivity index (χ4v) is 8.19. The lowest BCUT2D eigenvalue weighted by Gasteiger charge is -2.40. The van der Waals surface area contributed by atoms with Gasteiger partial charge in [0.2, 0.25) is 5.91 Å². The molecule has 0 bridgehead atoms. The highest BCUT2D eigenvalue weighted by Crippen LogP contribution is 2.23. The van der Waals surface area contributed by atoms with Crippen molar-refractivity contribution in [1.29, 1.82) is 0 Å². The summed E-state index contributed by atoms with van der Waals surface area (Å²) in [4.78, 5) is 13.0. The Labute approximate surface area is 369 Å². The standard InChI is InChI=1S/C51H97NO8/c1-3-5-7-9-11-13-15-17-19-20-21-22-23-24-25-26-27-29-31-33-35-37-39-41-47(55)52-44(43-59-51-50(58)49(57)48(56)46(42-53)60-51)45(54)40-38-36-34-32-30-28-18-16-14-12-10-8-6-4-2/h15,17,20-21,44-46,48-51,53-54,56-58H,3-14,16,18-19,22-43H2,1-2H3,(H,52,55)/b17-15-,21-20-. The molecule has 0 aromatic rings. The van der Waals surface area contributed by atoms with Crippen LogP contribution in [0, 0.1) is 0 Å². The molecular weight excluding hydrogens is 755 g/mol. The van der Waals surface area contributed by atoms with Gasteiger partial charge in [0, 0.05) is 6.42 Å². The SMILES string of the molecule is CCCCCCC/C=C\C/C=C\CCCCCCCCCCCCCC(=O)NC(COC1OC(CO)C(O)C(O)C1O)C(O)CCCCCCCCCCCCCCCC. The molecule has 354 valence electrons. The molecule has 1 fully saturated rings. The molecule has 9 nitrogen and oxygen atoms in total. The molecule has 0 spiro atoms. The lowest BCUT2D eigenvalue weighted by Crippen LogP contribution is -2.60. The van der Waals surface area contributed by atoms with Crippen molar-refractivity contribution in [3.63, 3.8) is 0 Å². The molecule has 1 rings (SSSR count). The Morgan fingerprint density at radius 3 is 1.43 bits per heavy atom. The fraction of sp³-hybridized carbons (Fsp3) is 0.902. The Hall–Kier alpha value is -1.33. The molecule has 6 N–H and O–H groups in total. The van der Waals surface area contributed by atoms with Crippen LogP contribution in [0.3, 0.4) is 0 Å². The van der Waals surface area contributed by atoms with Gasteiger partial charge in [-0.15, -0.1) is 0 Å². The van der Waals surface area contributed by atoms with Crippen LogP contribution < -0.4 is 5.32 Å². The second kappa shape index (κ2) is 41.7. The van der Waals surface area contributed by atoms with Crippen molar-refractivity contribution in [2.45, 2.75) is 281 Å². The molecule has 1 heterocycles. The van der Waals surface area contributed by atoms with E-state index in [0.717, 1.165) is 44.9 Å². The molecule has 1 aliphatic heterocycles. The number of nitrogens with one attached hydrogen (secondary N) is 1. The number of carbonyl (C=O) groups excluding carboxylic acids is 1. The van der Waals surface area contributed by atoms with Crippen LogP contribution in [0.2, 0.25) is 0 Å². The van der Waals surface area contributed by atoms with Gasteiger partial charge in [-0.3, -0.25) is 4.79 Å². The molecule has 9 heteroatoms. The van der Waals surface area contributed by atoms with Crippen LogP contribution in [0.5, 0.6) is 0 Å². The zero-order chi connectivity index (χ0) is 43.7. The number of aliphatic hydroxyl groups excluding tert-OH is 5. The van der Waals surface area contributed by atoms with Gasteiger partial charge < -0.3 is 40.3 Å². The van der Waals surface area contributed by atoms with E-state index in [1.807, 2.05) is 0 Å². The molecular formula is C51H97NO8. The smallest absolute Gasteiger partial charge is 0.220 e. The van der Waals surface area contributed by atoms with E-state index < -0.39 is 49.5 Å². The summed E-state index contributed by atoms with van der Waals surface area (Å²) in [5.74, 6) is -0.145. The van der Waals surface area contributed by atoms with Gasteiger partial charge in [0.15, 0.2) is 6.29 Å². The quantitative estimate of drug-likeness (QED) is 0.0262. The number of unbranched alkanes of at least 4 members (excludes halogenated alkanes) is 29. The Morgan fingerprint density at radius 2 is 0.983 bits per heavy atom. The summed E-state index contributed by atoms with van der Waals surface area (Å²) in [5, 5.41) is 54.5. The predicted molar refractivity (Wildman–Crippen MR) is 249 cm³/mol. The van der Waals surface area contributed by atoms with Crippen molar-refractivity contribution < 1.29 is 39.8 Å². The van der Waals surface area contributed by atoms with Crippen molar-refractivity contribution >= 4 is 5.91 Å². The normalized spacial score (nSPS) is 20.7. The van der Waals surface area contributed by atoms with Gasteiger partial charge in [-0.1, -0.05) is 212 Å². The summed E-state index contributed by atoms with van der Waals surface area (Å²) in [5.41, 5.74) is 0. The van der Waals surface area contributed by atoms with Gasteiger partial charge in [0.1, 0.15) is 24.4 Å². The topological polar surface area (TPSA) is 149 Å². The van der Waals surface area contributed by atoms with E-state index in [4.69, 9.17) is 9.47 Å². The molecule has 1 amide bonds. The highest BCUT2D eigenvalue weighted by molar-refractivity contribution is 5.76. The number of rotatable bonds is 43. The van der Waals surface area contributed by atoms with Gasteiger partial charge in [-0.05, 0) is 44.9 Å². The number of hydrogen-bond donors (Lipinski definition) is 6. The van der Waals surface area contributed by atoms with E-state index in [2.05, 4.69) is 43.5 Å². The number of ether oxygens (including phenoxy) is 2. The van der Waals surface area contributed by atoms with Crippen molar-refractivity contribution in [2.75, 3.05) is 13.2 Å². The first-order valence-corrected chi connectivity index (χ1v) is 25.5. The molecule has 7 unspecified atom stereocenters. The first kappa shape index (κ1) is 56.7. The first-order valence-electron chi connectivity index (χ1n) is 25.5. The second-order valence-electron chi connectivity index (χ2n) is 18.0. The maximum Gasteiger partial charge on any atom is 0.220 e. The number of aliphatic hydroxyl groups is 5. The molecule has 0 aromatic carbocycles. The van der Waals surface area contributed by atoms with Gasteiger partial charge in [-0.25, -0.2) is 0 Å². The maximum atomic E-state index is 13.0. The summed E-state index contributed by atoms with van der Waals surface area (Å²) >= 11 is 0. The average Bonchev–Trinajstić information content (AvgIpc) is 3.25. The van der Waals surface area contributed by atoms with E-state index in [0.29, 0.717) is 12.8 Å². The zero-order valence-electron chi connectivity index (χ0n) is 39.0. The van der Waals surface area contributed by atoms with Crippen molar-refractivity contribution in [2.24, 2.45) is 0 Å². The summed E-state index contributed by atoms with van der Waals surface area (Å²) in [6, 6.07) is -0.717. The third kappa shape index (κ3) is 31.5. The molecule has 1 saturated heterocycles. The van der Waals surface area contributed by atoms with E-state index in [1.54, 1.807) is 0 Å². The maximum absolute atomic E-state index is 13.0. The molecule has 7 atom stereocenters. The third-order valence-corrected chi connectivity index (χ3v) is 12.3. The van der Waals surface area contributed by atoms with Gasteiger partial charge in [0.25, 0.3) is 0 Å². The van der Waals surface area contributed by atoms with E-state index in [1.165, 1.54) is 167 Å². The van der Waals surface area contributed by atoms with E-state index in [9.17, 15) is 30.3 Å². The Balaban J connectivity index is 2.24. The van der Waals surface area contributed by atoms with Crippen molar-refractivity contribution in [3.8, 4) is 0 Å². The number of allylic oxidation sites excluding steroid dienone is 4. The van der Waals surface area contributed by atoms with Crippen LogP contribution in [0.15, 0.2) is 24.3 Å². The third-order valence-electron chi connectivity index (χ3n) is 12.3. The summed E-state index contributed by atoms with van der Waals surface area (Å²) in [7, 11) is 0. The van der Waals surface area contributed by atoms with Crippen molar-refractivity contribution in [3.05, 3.63) is 24.3 Å². The highest BCUT2D eigenvalue weighted by Gasteiger charge is 2.44. The van der Waals surface area contributed by atoms with Crippen LogP contribution in [0.25, 0.3) is 0 Å². The summed E-state index contributed by atoms with van der Waals surface area (Å²) in [6.07, 6.45) is 43.3. The Morgan fingerprint density at radius 1 is 0.567 bits per heavy atom. The van der Waals surface area contributed by atoms with Crippen LogP contribution in [0.4, 0.5) is 0 Å².